The van der Waals surface area contributed by atoms with Crippen molar-refractivity contribution in [2.45, 2.75) is 78.1 Å². The van der Waals surface area contributed by atoms with E-state index in [2.05, 4.69) is 31.1 Å². The topological polar surface area (TPSA) is 61.9 Å². The maximum atomic E-state index is 12.8. The largest absolute Gasteiger partial charge is 0.444 e. The molecule has 1 rings (SSSR count). The van der Waals surface area contributed by atoms with Crippen LogP contribution in [0, 0.1) is 0 Å². The number of piperazine rings is 1. The molecule has 0 radical (unpaired) electrons. The Kier molecular flexibility index (Phi) is 6.86. The first-order valence-corrected chi connectivity index (χ1v) is 8.55. The van der Waals surface area contributed by atoms with Crippen molar-refractivity contribution in [3.05, 3.63) is 0 Å². The number of hydrogen-bond donors (Lipinski definition) is 1. The summed E-state index contributed by atoms with van der Waals surface area (Å²) in [4.78, 5) is 29.0. The van der Waals surface area contributed by atoms with E-state index < -0.39 is 17.7 Å². The van der Waals surface area contributed by atoms with Gasteiger partial charge in [-0.2, -0.15) is 0 Å². The first-order chi connectivity index (χ1) is 10.5. The van der Waals surface area contributed by atoms with Crippen molar-refractivity contribution in [3.63, 3.8) is 0 Å². The van der Waals surface area contributed by atoms with Gasteiger partial charge in [0.25, 0.3) is 0 Å². The Morgan fingerprint density at radius 3 is 2.17 bits per heavy atom. The van der Waals surface area contributed by atoms with Crippen LogP contribution in [0.1, 0.15) is 54.4 Å². The fraction of sp³-hybridized carbons (Fsp3) is 0.882. The fourth-order valence-corrected chi connectivity index (χ4v) is 2.80. The van der Waals surface area contributed by atoms with Gasteiger partial charge >= 0.3 is 6.09 Å². The Morgan fingerprint density at radius 1 is 1.22 bits per heavy atom. The molecule has 1 aliphatic rings. The lowest BCUT2D eigenvalue weighted by atomic mass is 10.1. The van der Waals surface area contributed by atoms with Crippen molar-refractivity contribution in [1.82, 2.24) is 15.1 Å². The molecule has 134 valence electrons. The summed E-state index contributed by atoms with van der Waals surface area (Å²) >= 11 is 0. The first kappa shape index (κ1) is 19.7. The van der Waals surface area contributed by atoms with E-state index in [-0.39, 0.29) is 5.91 Å². The zero-order chi connectivity index (χ0) is 17.8. The fourth-order valence-electron chi connectivity index (χ4n) is 2.80. The molecule has 6 heteroatoms. The molecule has 1 heterocycles. The van der Waals surface area contributed by atoms with Crippen LogP contribution in [0.3, 0.4) is 0 Å². The molecule has 0 unspecified atom stereocenters. The first-order valence-electron chi connectivity index (χ1n) is 8.55. The minimum absolute atomic E-state index is 0.00971. The van der Waals surface area contributed by atoms with Crippen molar-refractivity contribution in [2.24, 2.45) is 0 Å². The van der Waals surface area contributed by atoms with Crippen molar-refractivity contribution < 1.29 is 14.3 Å². The Hall–Kier alpha value is -1.30. The van der Waals surface area contributed by atoms with E-state index in [1.165, 1.54) is 0 Å². The SMILES string of the molecule is CCC[C@H](NC(=O)OC(C)(C)C)C(=O)N1C[C@@H](C)N(C)[C@@H](C)C1. The average molecular weight is 327 g/mol. The van der Waals surface area contributed by atoms with Crippen LogP contribution in [0.25, 0.3) is 0 Å². The molecule has 0 aromatic heterocycles. The monoisotopic (exact) mass is 327 g/mol. The molecule has 3 atom stereocenters. The number of alkyl carbamates (subject to hydrolysis) is 1. The molecule has 1 aliphatic heterocycles. The van der Waals surface area contributed by atoms with E-state index in [9.17, 15) is 9.59 Å². The zero-order valence-electron chi connectivity index (χ0n) is 15.7. The lowest BCUT2D eigenvalue weighted by Crippen LogP contribution is -2.60. The summed E-state index contributed by atoms with van der Waals surface area (Å²) in [5.74, 6) is -0.00971. The second-order valence-electron chi connectivity index (χ2n) is 7.59. The number of carbonyl (C=O) groups excluding carboxylic acids is 2. The van der Waals surface area contributed by atoms with Crippen LogP contribution in [-0.4, -0.2) is 65.7 Å². The highest BCUT2D eigenvalue weighted by atomic mass is 16.6. The van der Waals surface area contributed by atoms with Crippen LogP contribution in [0.4, 0.5) is 4.79 Å². The maximum Gasteiger partial charge on any atom is 0.408 e. The molecular formula is C17H33N3O3. The molecule has 0 bridgehead atoms. The van der Waals surface area contributed by atoms with E-state index in [1.54, 1.807) is 0 Å². The van der Waals surface area contributed by atoms with E-state index in [1.807, 2.05) is 32.6 Å². The molecule has 1 fully saturated rings. The molecule has 23 heavy (non-hydrogen) atoms. The third-order valence-corrected chi connectivity index (χ3v) is 4.24. The molecule has 1 N–H and O–H groups in total. The van der Waals surface area contributed by atoms with Gasteiger partial charge in [-0.15, -0.1) is 0 Å². The lowest BCUT2D eigenvalue weighted by molar-refractivity contribution is -0.137. The molecule has 0 aromatic rings. The molecule has 0 saturated carbocycles. The van der Waals surface area contributed by atoms with Gasteiger partial charge in [0.2, 0.25) is 5.91 Å². The predicted molar refractivity (Wildman–Crippen MR) is 91.3 cm³/mol. The van der Waals surface area contributed by atoms with Crippen LogP contribution < -0.4 is 5.32 Å². The molecule has 0 aromatic carbocycles. The summed E-state index contributed by atoms with van der Waals surface area (Å²) in [6.07, 6.45) is 0.914. The number of likely N-dealkylation sites (N-methyl/N-ethyl adjacent to an activating group) is 1. The second-order valence-corrected chi connectivity index (χ2v) is 7.59. The van der Waals surface area contributed by atoms with Gasteiger partial charge in [-0.1, -0.05) is 13.3 Å². The standard InChI is InChI=1S/C17H33N3O3/c1-8-9-14(18-16(22)23-17(4,5)6)15(21)20-10-12(2)19(7)13(3)11-20/h12-14H,8-11H2,1-7H3,(H,18,22)/t12-,13+,14-/m0/s1. The van der Waals surface area contributed by atoms with Gasteiger partial charge in [-0.25, -0.2) is 4.79 Å². The third kappa shape index (κ3) is 6.01. The normalized spacial score (nSPS) is 24.2. The average Bonchev–Trinajstić information content (AvgIpc) is 2.41. The number of rotatable bonds is 4. The van der Waals surface area contributed by atoms with E-state index >= 15 is 0 Å². The van der Waals surface area contributed by atoms with E-state index in [4.69, 9.17) is 4.74 Å². The predicted octanol–water partition coefficient (Wildman–Crippen LogP) is 2.23. The Labute approximate surface area is 140 Å². The van der Waals surface area contributed by atoms with Gasteiger partial charge in [0, 0.05) is 25.2 Å². The van der Waals surface area contributed by atoms with Gasteiger partial charge in [0.15, 0.2) is 0 Å². The van der Waals surface area contributed by atoms with Crippen LogP contribution in [0.5, 0.6) is 0 Å². The van der Waals surface area contributed by atoms with Gasteiger partial charge < -0.3 is 15.0 Å². The number of hydrogen-bond acceptors (Lipinski definition) is 4. The number of amides is 2. The summed E-state index contributed by atoms with van der Waals surface area (Å²) in [7, 11) is 2.08. The lowest BCUT2D eigenvalue weighted by Gasteiger charge is -2.43. The van der Waals surface area contributed by atoms with E-state index in [0.717, 1.165) is 6.42 Å². The summed E-state index contributed by atoms with van der Waals surface area (Å²) in [6.45, 7) is 13.1. The molecule has 2 amide bonds. The number of nitrogens with zero attached hydrogens (tertiary/aromatic N) is 2. The minimum Gasteiger partial charge on any atom is -0.444 e. The summed E-state index contributed by atoms with van der Waals surface area (Å²) in [6, 6.07) is 0.107. The van der Waals surface area contributed by atoms with Crippen LogP contribution in [0.2, 0.25) is 0 Å². The molecule has 0 aliphatic carbocycles. The summed E-state index contributed by atoms with van der Waals surface area (Å²) in [5, 5.41) is 2.75. The van der Waals surface area contributed by atoms with Gasteiger partial charge in [0.05, 0.1) is 0 Å². The van der Waals surface area contributed by atoms with Gasteiger partial charge in [-0.3, -0.25) is 9.69 Å². The molecule has 1 saturated heterocycles. The highest BCUT2D eigenvalue weighted by molar-refractivity contribution is 5.85. The number of nitrogens with one attached hydrogen (secondary N) is 1. The zero-order valence-corrected chi connectivity index (χ0v) is 15.7. The van der Waals surface area contributed by atoms with Crippen LogP contribution in [-0.2, 0) is 9.53 Å². The van der Waals surface area contributed by atoms with Crippen LogP contribution in [0.15, 0.2) is 0 Å². The number of carbonyl (C=O) groups is 2. The van der Waals surface area contributed by atoms with Crippen molar-refractivity contribution >= 4 is 12.0 Å². The van der Waals surface area contributed by atoms with Crippen molar-refractivity contribution in [1.29, 1.82) is 0 Å². The summed E-state index contributed by atoms with van der Waals surface area (Å²) < 4.78 is 5.28. The molecular weight excluding hydrogens is 294 g/mol. The molecule has 0 spiro atoms. The third-order valence-electron chi connectivity index (χ3n) is 4.24. The Morgan fingerprint density at radius 2 is 1.74 bits per heavy atom. The maximum absolute atomic E-state index is 12.8. The summed E-state index contributed by atoms with van der Waals surface area (Å²) in [5.41, 5.74) is -0.569. The minimum atomic E-state index is -0.569. The van der Waals surface area contributed by atoms with Crippen LogP contribution >= 0.6 is 0 Å². The number of ether oxygens (including phenoxy) is 1. The van der Waals surface area contributed by atoms with Gasteiger partial charge in [0.1, 0.15) is 11.6 Å². The Balaban J connectivity index is 2.72. The highest BCUT2D eigenvalue weighted by Gasteiger charge is 2.33. The smallest absolute Gasteiger partial charge is 0.408 e. The molecule has 6 nitrogen and oxygen atoms in total. The Bertz CT molecular complexity index is 408. The second kappa shape index (κ2) is 7.99. The highest BCUT2D eigenvalue weighted by Crippen LogP contribution is 2.16. The quantitative estimate of drug-likeness (QED) is 0.860. The van der Waals surface area contributed by atoms with Gasteiger partial charge in [-0.05, 0) is 48.1 Å². The van der Waals surface area contributed by atoms with Crippen molar-refractivity contribution in [3.8, 4) is 0 Å². The van der Waals surface area contributed by atoms with E-state index in [0.29, 0.717) is 31.6 Å². The van der Waals surface area contributed by atoms with Crippen molar-refractivity contribution in [2.75, 3.05) is 20.1 Å².